The molecular weight excluding hydrogens is 542 g/mol. The molecule has 3 heterocycles. The summed E-state index contributed by atoms with van der Waals surface area (Å²) >= 11 is 7.48. The number of nitrogens with zero attached hydrogens (tertiary/aromatic N) is 3. The first-order valence-electron chi connectivity index (χ1n) is 11.4. The number of aromatic nitrogens is 2. The van der Waals surface area contributed by atoms with Crippen LogP contribution >= 0.6 is 31.9 Å². The van der Waals surface area contributed by atoms with Crippen molar-refractivity contribution < 1.29 is 4.79 Å². The van der Waals surface area contributed by atoms with Gasteiger partial charge in [0.1, 0.15) is 0 Å². The van der Waals surface area contributed by atoms with Gasteiger partial charge in [0.2, 0.25) is 5.91 Å². The topological polar surface area (TPSA) is 46.1 Å². The summed E-state index contributed by atoms with van der Waals surface area (Å²) in [4.78, 5) is 24.6. The predicted molar refractivity (Wildman–Crippen MR) is 138 cm³/mol. The van der Waals surface area contributed by atoms with Crippen molar-refractivity contribution in [3.8, 4) is 0 Å². The summed E-state index contributed by atoms with van der Waals surface area (Å²) in [6.45, 7) is 2.88. The van der Waals surface area contributed by atoms with Gasteiger partial charge in [0.15, 0.2) is 0 Å². The van der Waals surface area contributed by atoms with Gasteiger partial charge < -0.3 is 4.90 Å². The lowest BCUT2D eigenvalue weighted by molar-refractivity contribution is -0.129. The second-order valence-corrected chi connectivity index (χ2v) is 10.6. The number of benzene rings is 1. The van der Waals surface area contributed by atoms with E-state index >= 15 is 0 Å². The van der Waals surface area contributed by atoms with Gasteiger partial charge >= 0.3 is 0 Å². The third-order valence-corrected chi connectivity index (χ3v) is 7.52. The molecule has 3 aromatic rings. The Morgan fingerprint density at radius 1 is 1.03 bits per heavy atom. The van der Waals surface area contributed by atoms with E-state index in [2.05, 4.69) is 62.0 Å². The van der Waals surface area contributed by atoms with Crippen molar-refractivity contribution in [1.29, 1.82) is 0 Å². The molecule has 4 nitrogen and oxygen atoms in total. The Bertz CT molecular complexity index is 1250. The molecule has 1 fully saturated rings. The monoisotopic (exact) mass is 565 g/mol. The van der Waals surface area contributed by atoms with Crippen LogP contribution in [0.4, 0.5) is 0 Å². The SMILES string of the molecule is Cc1cc(Br)c2c(c1)CCc1cc(Br)cnc1/C2=C1/CCCCN1C(=O)Cc1ccncc1. The van der Waals surface area contributed by atoms with Gasteiger partial charge in [-0.3, -0.25) is 14.8 Å². The number of carbonyl (C=O) groups is 1. The number of halogens is 2. The van der Waals surface area contributed by atoms with Crippen molar-refractivity contribution >= 4 is 43.3 Å². The van der Waals surface area contributed by atoms with Crippen molar-refractivity contribution in [2.75, 3.05) is 6.54 Å². The third kappa shape index (κ3) is 4.56. The van der Waals surface area contributed by atoms with Crippen molar-refractivity contribution in [3.63, 3.8) is 0 Å². The first-order valence-corrected chi connectivity index (χ1v) is 13.0. The highest BCUT2D eigenvalue weighted by atomic mass is 79.9. The minimum atomic E-state index is 0.135. The summed E-state index contributed by atoms with van der Waals surface area (Å²) in [6, 6.07) is 10.5. The van der Waals surface area contributed by atoms with Gasteiger partial charge in [-0.15, -0.1) is 0 Å². The largest absolute Gasteiger partial charge is 0.315 e. The molecule has 2 aromatic heterocycles. The summed E-state index contributed by atoms with van der Waals surface area (Å²) in [7, 11) is 0. The number of likely N-dealkylation sites (tertiary alicyclic amines) is 1. The van der Waals surface area contributed by atoms with E-state index in [1.165, 1.54) is 22.3 Å². The molecule has 1 saturated heterocycles. The van der Waals surface area contributed by atoms with E-state index in [0.29, 0.717) is 6.42 Å². The molecule has 1 aliphatic carbocycles. The lowest BCUT2D eigenvalue weighted by Gasteiger charge is -2.33. The molecule has 5 rings (SSSR count). The van der Waals surface area contributed by atoms with Crippen LogP contribution in [0.3, 0.4) is 0 Å². The van der Waals surface area contributed by atoms with Crippen LogP contribution in [-0.2, 0) is 24.1 Å². The van der Waals surface area contributed by atoms with E-state index in [1.54, 1.807) is 12.4 Å². The van der Waals surface area contributed by atoms with Gasteiger partial charge in [0, 0.05) is 50.9 Å². The van der Waals surface area contributed by atoms with Gasteiger partial charge in [-0.1, -0.05) is 22.0 Å². The fraction of sp³-hybridized carbons (Fsp3) is 0.296. The number of aryl methyl sites for hydroxylation is 3. The number of piperidine rings is 1. The zero-order valence-corrected chi connectivity index (χ0v) is 21.7. The zero-order chi connectivity index (χ0) is 22.9. The number of amides is 1. The Balaban J connectivity index is 1.70. The Morgan fingerprint density at radius 2 is 1.82 bits per heavy atom. The van der Waals surface area contributed by atoms with Crippen molar-refractivity contribution in [3.05, 3.63) is 97.1 Å². The Labute approximate surface area is 211 Å². The van der Waals surface area contributed by atoms with E-state index in [0.717, 1.165) is 70.1 Å². The van der Waals surface area contributed by atoms with Gasteiger partial charge in [-0.2, -0.15) is 0 Å². The van der Waals surface area contributed by atoms with Gasteiger partial charge in [0.05, 0.1) is 12.1 Å². The van der Waals surface area contributed by atoms with Crippen LogP contribution in [0.15, 0.2) is 63.6 Å². The third-order valence-electron chi connectivity index (χ3n) is 6.47. The van der Waals surface area contributed by atoms with E-state index in [-0.39, 0.29) is 5.91 Å². The highest BCUT2D eigenvalue weighted by Gasteiger charge is 2.31. The molecule has 0 radical (unpaired) electrons. The summed E-state index contributed by atoms with van der Waals surface area (Å²) in [6.07, 6.45) is 10.6. The maximum Gasteiger partial charge on any atom is 0.231 e. The average Bonchev–Trinajstić information content (AvgIpc) is 2.96. The fourth-order valence-corrected chi connectivity index (χ4v) is 6.19. The standard InChI is InChI=1S/C27H25Br2N3O/c1-17-12-19-5-6-20-15-21(28)16-31-27(20)26(25(19)22(29)13-17)23-4-2-3-11-32(23)24(33)14-18-7-9-30-10-8-18/h7-10,12-13,15-16H,2-6,11,14H2,1H3/b26-23-. The van der Waals surface area contributed by atoms with Crippen molar-refractivity contribution in [1.82, 2.24) is 14.9 Å². The van der Waals surface area contributed by atoms with Gasteiger partial charge in [-0.05, 0) is 101 Å². The van der Waals surface area contributed by atoms with Crippen LogP contribution in [-0.4, -0.2) is 27.3 Å². The highest BCUT2D eigenvalue weighted by Crippen LogP contribution is 2.42. The minimum absolute atomic E-state index is 0.135. The molecule has 0 spiro atoms. The zero-order valence-electron chi connectivity index (χ0n) is 18.6. The smallest absolute Gasteiger partial charge is 0.231 e. The molecule has 1 aromatic carbocycles. The average molecular weight is 567 g/mol. The lowest BCUT2D eigenvalue weighted by atomic mass is 9.90. The molecule has 2 aliphatic rings. The van der Waals surface area contributed by atoms with Crippen LogP contribution < -0.4 is 0 Å². The first kappa shape index (κ1) is 22.5. The summed E-state index contributed by atoms with van der Waals surface area (Å²) < 4.78 is 2.06. The molecule has 0 N–H and O–H groups in total. The number of allylic oxidation sites excluding steroid dienone is 1. The van der Waals surface area contributed by atoms with Gasteiger partial charge in [0.25, 0.3) is 0 Å². The summed E-state index contributed by atoms with van der Waals surface area (Å²) in [5, 5.41) is 0. The molecular formula is C27H25Br2N3O. The minimum Gasteiger partial charge on any atom is -0.315 e. The van der Waals surface area contributed by atoms with Crippen molar-refractivity contribution in [2.45, 2.75) is 45.4 Å². The molecule has 168 valence electrons. The molecule has 33 heavy (non-hydrogen) atoms. The fourth-order valence-electron chi connectivity index (χ4n) is 4.99. The molecule has 1 aliphatic heterocycles. The van der Waals surface area contributed by atoms with Crippen LogP contribution in [0, 0.1) is 6.92 Å². The quantitative estimate of drug-likeness (QED) is 0.359. The number of rotatable bonds is 2. The lowest BCUT2D eigenvalue weighted by Crippen LogP contribution is -2.36. The number of hydrogen-bond donors (Lipinski definition) is 0. The van der Waals surface area contributed by atoms with Crippen LogP contribution in [0.25, 0.3) is 5.57 Å². The maximum atomic E-state index is 13.6. The second-order valence-electron chi connectivity index (χ2n) is 8.80. The predicted octanol–water partition coefficient (Wildman–Crippen LogP) is 6.42. The number of carbonyl (C=O) groups excluding carboxylic acids is 1. The summed E-state index contributed by atoms with van der Waals surface area (Å²) in [5.41, 5.74) is 9.16. The normalized spacial score (nSPS) is 17.8. The Hall–Kier alpha value is -2.31. The number of pyridine rings is 2. The molecule has 0 unspecified atom stereocenters. The molecule has 0 bridgehead atoms. The van der Waals surface area contributed by atoms with Crippen LogP contribution in [0.1, 0.15) is 52.8 Å². The van der Waals surface area contributed by atoms with E-state index < -0.39 is 0 Å². The Kier molecular flexibility index (Phi) is 6.48. The van der Waals surface area contributed by atoms with Crippen LogP contribution in [0.2, 0.25) is 0 Å². The van der Waals surface area contributed by atoms with E-state index in [9.17, 15) is 4.79 Å². The molecule has 6 heteroatoms. The first-order chi connectivity index (χ1) is 16.0. The van der Waals surface area contributed by atoms with E-state index in [1.807, 2.05) is 23.2 Å². The highest BCUT2D eigenvalue weighted by molar-refractivity contribution is 9.10. The molecule has 0 saturated carbocycles. The Morgan fingerprint density at radius 3 is 2.64 bits per heavy atom. The van der Waals surface area contributed by atoms with Gasteiger partial charge in [-0.25, -0.2) is 0 Å². The number of hydrogen-bond acceptors (Lipinski definition) is 3. The maximum absolute atomic E-state index is 13.6. The molecule has 1 amide bonds. The number of fused-ring (bicyclic) bond motifs is 2. The van der Waals surface area contributed by atoms with Crippen LogP contribution in [0.5, 0.6) is 0 Å². The van der Waals surface area contributed by atoms with Crippen molar-refractivity contribution in [2.24, 2.45) is 0 Å². The van der Waals surface area contributed by atoms with E-state index in [4.69, 9.17) is 4.98 Å². The molecule has 0 atom stereocenters. The summed E-state index contributed by atoms with van der Waals surface area (Å²) in [5.74, 6) is 0.135. The second kappa shape index (κ2) is 9.51.